The van der Waals surface area contributed by atoms with Gasteiger partial charge in [0.25, 0.3) is 0 Å². The number of ether oxygens (including phenoxy) is 1. The molecule has 0 bridgehead atoms. The molecule has 21 heavy (non-hydrogen) atoms. The van der Waals surface area contributed by atoms with Crippen LogP contribution in [0.1, 0.15) is 0 Å². The Morgan fingerprint density at radius 2 is 2.00 bits per heavy atom. The average molecular weight is 347 g/mol. The number of methoxy groups -OCH3 is 1. The summed E-state index contributed by atoms with van der Waals surface area (Å²) in [6.45, 7) is 0. The van der Waals surface area contributed by atoms with Crippen LogP contribution in [0.5, 0.6) is 11.5 Å². The van der Waals surface area contributed by atoms with Gasteiger partial charge in [-0.3, -0.25) is 4.79 Å². The predicted octanol–water partition coefficient (Wildman–Crippen LogP) is 3.94. The third-order valence-corrected chi connectivity index (χ3v) is 3.66. The van der Waals surface area contributed by atoms with Gasteiger partial charge in [0.05, 0.1) is 12.5 Å². The number of hydrogen-bond donors (Lipinski definition) is 1. The van der Waals surface area contributed by atoms with Gasteiger partial charge in [-0.25, -0.2) is 0 Å². The topological polar surface area (TPSA) is 59.7 Å². The molecule has 3 rings (SSSR count). The molecule has 1 N–H and O–H groups in total. The molecule has 4 nitrogen and oxygen atoms in total. The van der Waals surface area contributed by atoms with E-state index in [0.717, 1.165) is 4.47 Å². The summed E-state index contributed by atoms with van der Waals surface area (Å²) in [5.74, 6) is 0.323. The average Bonchev–Trinajstić information content (AvgIpc) is 2.50. The molecule has 0 saturated carbocycles. The van der Waals surface area contributed by atoms with Gasteiger partial charge in [-0.15, -0.1) is 0 Å². The molecule has 0 spiro atoms. The van der Waals surface area contributed by atoms with Crippen LogP contribution in [0.25, 0.3) is 22.3 Å². The summed E-state index contributed by atoms with van der Waals surface area (Å²) in [7, 11) is 1.54. The molecular formula is C16H11BrO4. The smallest absolute Gasteiger partial charge is 0.235 e. The van der Waals surface area contributed by atoms with Crippen LogP contribution < -0.4 is 10.2 Å². The van der Waals surface area contributed by atoms with E-state index >= 15 is 0 Å². The Morgan fingerprint density at radius 3 is 2.71 bits per heavy atom. The molecule has 0 saturated heterocycles. The third kappa shape index (κ3) is 2.40. The van der Waals surface area contributed by atoms with Crippen molar-refractivity contribution < 1.29 is 14.3 Å². The quantitative estimate of drug-likeness (QED) is 0.763. The highest BCUT2D eigenvalue weighted by Crippen LogP contribution is 2.32. The van der Waals surface area contributed by atoms with Gasteiger partial charge in [0.15, 0.2) is 5.76 Å². The van der Waals surface area contributed by atoms with E-state index in [2.05, 4.69) is 15.9 Å². The van der Waals surface area contributed by atoms with Crippen LogP contribution in [0, 0.1) is 0 Å². The second kappa shape index (κ2) is 5.26. The van der Waals surface area contributed by atoms with Gasteiger partial charge in [0.2, 0.25) is 11.2 Å². The standard InChI is InChI=1S/C16H11BrO4/c1-20-11-5-6-12-13(8-11)21-16(15(19)14(12)18)9-3-2-4-10(17)7-9/h2-8,19H,1H3. The first kappa shape index (κ1) is 13.7. The Hall–Kier alpha value is -2.27. The molecule has 2 aromatic carbocycles. The summed E-state index contributed by atoms with van der Waals surface area (Å²) in [6, 6.07) is 12.0. The highest BCUT2D eigenvalue weighted by atomic mass is 79.9. The molecule has 0 atom stereocenters. The number of benzene rings is 2. The van der Waals surface area contributed by atoms with Crippen molar-refractivity contribution in [1.82, 2.24) is 0 Å². The van der Waals surface area contributed by atoms with Crippen LogP contribution in [0.2, 0.25) is 0 Å². The second-order valence-corrected chi connectivity index (χ2v) is 5.40. The van der Waals surface area contributed by atoms with E-state index in [0.29, 0.717) is 22.3 Å². The van der Waals surface area contributed by atoms with Crippen LogP contribution >= 0.6 is 15.9 Å². The summed E-state index contributed by atoms with van der Waals surface area (Å²) >= 11 is 3.35. The van der Waals surface area contributed by atoms with E-state index in [1.54, 1.807) is 36.4 Å². The number of halogens is 1. The fourth-order valence-electron chi connectivity index (χ4n) is 2.12. The molecular weight excluding hydrogens is 336 g/mol. The molecule has 0 unspecified atom stereocenters. The molecule has 1 aromatic heterocycles. The fraction of sp³-hybridized carbons (Fsp3) is 0.0625. The van der Waals surface area contributed by atoms with E-state index in [9.17, 15) is 9.90 Å². The van der Waals surface area contributed by atoms with E-state index in [1.165, 1.54) is 7.11 Å². The van der Waals surface area contributed by atoms with Crippen LogP contribution in [-0.2, 0) is 0 Å². The molecule has 5 heteroatoms. The Kier molecular flexibility index (Phi) is 3.43. The first-order chi connectivity index (χ1) is 10.1. The van der Waals surface area contributed by atoms with Gasteiger partial charge in [0.1, 0.15) is 11.3 Å². The lowest BCUT2D eigenvalue weighted by atomic mass is 10.1. The first-order valence-electron chi connectivity index (χ1n) is 6.20. The third-order valence-electron chi connectivity index (χ3n) is 3.16. The molecule has 0 radical (unpaired) electrons. The minimum Gasteiger partial charge on any atom is -0.502 e. The summed E-state index contributed by atoms with van der Waals surface area (Å²) in [6.07, 6.45) is 0. The van der Waals surface area contributed by atoms with Crippen molar-refractivity contribution in [2.45, 2.75) is 0 Å². The normalized spacial score (nSPS) is 10.8. The van der Waals surface area contributed by atoms with Gasteiger partial charge < -0.3 is 14.3 Å². The number of aromatic hydroxyl groups is 1. The lowest BCUT2D eigenvalue weighted by Gasteiger charge is -2.07. The number of rotatable bonds is 2. The maximum Gasteiger partial charge on any atom is 0.235 e. The molecule has 0 aliphatic carbocycles. The summed E-state index contributed by atoms with van der Waals surface area (Å²) in [4.78, 5) is 12.2. The lowest BCUT2D eigenvalue weighted by molar-refractivity contribution is 0.413. The molecule has 106 valence electrons. The van der Waals surface area contributed by atoms with E-state index in [-0.39, 0.29) is 5.76 Å². The van der Waals surface area contributed by atoms with E-state index in [4.69, 9.17) is 9.15 Å². The van der Waals surface area contributed by atoms with E-state index < -0.39 is 11.2 Å². The van der Waals surface area contributed by atoms with Crippen molar-refractivity contribution in [3.05, 3.63) is 57.2 Å². The summed E-state index contributed by atoms with van der Waals surface area (Å²) in [5.41, 5.74) is 0.518. The van der Waals surface area contributed by atoms with Gasteiger partial charge >= 0.3 is 0 Å². The predicted molar refractivity (Wildman–Crippen MR) is 83.8 cm³/mol. The van der Waals surface area contributed by atoms with Crippen LogP contribution in [0.3, 0.4) is 0 Å². The maximum absolute atomic E-state index is 12.2. The molecule has 0 aliphatic rings. The Balaban J connectivity index is 2.33. The summed E-state index contributed by atoms with van der Waals surface area (Å²) in [5, 5.41) is 10.4. The van der Waals surface area contributed by atoms with Crippen molar-refractivity contribution in [3.8, 4) is 22.8 Å². The Labute approximate surface area is 128 Å². The molecule has 0 fully saturated rings. The minimum atomic E-state index is -0.464. The van der Waals surface area contributed by atoms with Crippen LogP contribution in [0.4, 0.5) is 0 Å². The second-order valence-electron chi connectivity index (χ2n) is 4.48. The highest BCUT2D eigenvalue weighted by molar-refractivity contribution is 9.10. The van der Waals surface area contributed by atoms with Crippen LogP contribution in [0.15, 0.2) is 56.1 Å². The zero-order chi connectivity index (χ0) is 15.0. The fourth-order valence-corrected chi connectivity index (χ4v) is 2.52. The SMILES string of the molecule is COc1ccc2c(=O)c(O)c(-c3cccc(Br)c3)oc2c1. The van der Waals surface area contributed by atoms with Gasteiger partial charge in [-0.2, -0.15) is 0 Å². The molecule has 0 amide bonds. The number of fused-ring (bicyclic) bond motifs is 1. The summed E-state index contributed by atoms with van der Waals surface area (Å²) < 4.78 is 11.7. The van der Waals surface area contributed by atoms with Crippen molar-refractivity contribution >= 4 is 26.9 Å². The monoisotopic (exact) mass is 346 g/mol. The van der Waals surface area contributed by atoms with Crippen molar-refractivity contribution in [2.75, 3.05) is 7.11 Å². The van der Waals surface area contributed by atoms with Crippen molar-refractivity contribution in [3.63, 3.8) is 0 Å². The number of hydrogen-bond acceptors (Lipinski definition) is 4. The lowest BCUT2D eigenvalue weighted by Crippen LogP contribution is -2.02. The van der Waals surface area contributed by atoms with Crippen molar-refractivity contribution in [2.24, 2.45) is 0 Å². The molecule has 3 aromatic rings. The highest BCUT2D eigenvalue weighted by Gasteiger charge is 2.15. The molecule has 1 heterocycles. The van der Waals surface area contributed by atoms with Gasteiger partial charge in [0, 0.05) is 16.1 Å². The first-order valence-corrected chi connectivity index (χ1v) is 6.99. The zero-order valence-corrected chi connectivity index (χ0v) is 12.7. The van der Waals surface area contributed by atoms with Gasteiger partial charge in [-0.05, 0) is 24.3 Å². The van der Waals surface area contributed by atoms with Gasteiger partial charge in [-0.1, -0.05) is 28.1 Å². The van der Waals surface area contributed by atoms with Crippen LogP contribution in [-0.4, -0.2) is 12.2 Å². The van der Waals surface area contributed by atoms with Crippen molar-refractivity contribution in [1.29, 1.82) is 0 Å². The Morgan fingerprint density at radius 1 is 1.19 bits per heavy atom. The molecule has 0 aliphatic heterocycles. The largest absolute Gasteiger partial charge is 0.502 e. The zero-order valence-electron chi connectivity index (χ0n) is 11.1. The minimum absolute atomic E-state index is 0.141. The van der Waals surface area contributed by atoms with E-state index in [1.807, 2.05) is 6.07 Å². The maximum atomic E-state index is 12.2. The Bertz CT molecular complexity index is 883.